The molecule has 5 heteroatoms. The Morgan fingerprint density at radius 2 is 1.94 bits per heavy atom. The number of nitrogens with one attached hydrogen (secondary N) is 1. The van der Waals surface area contributed by atoms with E-state index in [1.807, 2.05) is 0 Å². The summed E-state index contributed by atoms with van der Waals surface area (Å²) < 4.78 is 27.8. The van der Waals surface area contributed by atoms with Crippen LogP contribution in [0.15, 0.2) is 33.6 Å². The Kier molecular flexibility index (Phi) is 3.85. The summed E-state index contributed by atoms with van der Waals surface area (Å²) in [6, 6.07) is 6.89. The Morgan fingerprint density at radius 1 is 1.33 bits per heavy atom. The van der Waals surface area contributed by atoms with Crippen molar-refractivity contribution in [1.29, 1.82) is 0 Å². The van der Waals surface area contributed by atoms with Crippen molar-refractivity contribution >= 4 is 26.0 Å². The molecule has 1 aromatic rings. The Morgan fingerprint density at radius 3 is 2.44 bits per heavy atom. The van der Waals surface area contributed by atoms with Crippen molar-refractivity contribution in [1.82, 2.24) is 4.72 Å². The van der Waals surface area contributed by atoms with E-state index in [4.69, 9.17) is 0 Å². The molecular weight excluding hydrogens is 314 g/mol. The summed E-state index contributed by atoms with van der Waals surface area (Å²) in [6.45, 7) is 4.84. The summed E-state index contributed by atoms with van der Waals surface area (Å²) >= 11 is 3.28. The summed E-state index contributed by atoms with van der Waals surface area (Å²) in [5.74, 6) is 0.513. The number of halogens is 1. The summed E-state index contributed by atoms with van der Waals surface area (Å²) in [5.41, 5.74) is 0.175. The highest BCUT2D eigenvalue weighted by Crippen LogP contribution is 2.51. The number of hydrogen-bond donors (Lipinski definition) is 1. The Labute approximate surface area is 117 Å². The van der Waals surface area contributed by atoms with Crippen LogP contribution in [0.4, 0.5) is 0 Å². The van der Waals surface area contributed by atoms with E-state index < -0.39 is 10.0 Å². The zero-order chi connectivity index (χ0) is 13.4. The number of rotatable bonds is 5. The monoisotopic (exact) mass is 331 g/mol. The van der Waals surface area contributed by atoms with Gasteiger partial charge in [-0.25, -0.2) is 13.1 Å². The molecule has 0 amide bonds. The third-order valence-electron chi connectivity index (χ3n) is 3.86. The van der Waals surface area contributed by atoms with Crippen molar-refractivity contribution in [2.24, 2.45) is 11.3 Å². The van der Waals surface area contributed by atoms with Crippen molar-refractivity contribution in [2.45, 2.75) is 31.6 Å². The largest absolute Gasteiger partial charge is 0.241 e. The minimum atomic E-state index is -3.41. The summed E-state index contributed by atoms with van der Waals surface area (Å²) in [4.78, 5) is 0.310. The van der Waals surface area contributed by atoms with Gasteiger partial charge in [0.1, 0.15) is 0 Å². The van der Waals surface area contributed by atoms with Crippen LogP contribution in [-0.2, 0) is 10.0 Å². The van der Waals surface area contributed by atoms with Gasteiger partial charge in [-0.2, -0.15) is 0 Å². The molecule has 0 bridgehead atoms. The van der Waals surface area contributed by atoms with E-state index in [1.54, 1.807) is 24.3 Å². The van der Waals surface area contributed by atoms with E-state index in [2.05, 4.69) is 34.5 Å². The lowest BCUT2D eigenvalue weighted by molar-refractivity contribution is 0.357. The van der Waals surface area contributed by atoms with Crippen LogP contribution in [0.2, 0.25) is 0 Å². The topological polar surface area (TPSA) is 46.2 Å². The first-order valence-corrected chi connectivity index (χ1v) is 8.39. The molecule has 0 aliphatic heterocycles. The van der Waals surface area contributed by atoms with Crippen LogP contribution in [0.1, 0.15) is 26.7 Å². The SMILES string of the molecule is CC(C)C1(CNS(=O)(=O)c2ccccc2Br)CC1. The molecule has 1 aliphatic rings. The van der Waals surface area contributed by atoms with Crippen LogP contribution < -0.4 is 4.72 Å². The predicted octanol–water partition coefficient (Wildman–Crippen LogP) is 3.16. The second-order valence-corrected chi connectivity index (χ2v) is 7.86. The van der Waals surface area contributed by atoms with Crippen molar-refractivity contribution < 1.29 is 8.42 Å². The second-order valence-electron chi connectivity index (χ2n) is 5.27. The maximum Gasteiger partial charge on any atom is 0.241 e. The zero-order valence-electron chi connectivity index (χ0n) is 10.6. The fraction of sp³-hybridized carbons (Fsp3) is 0.538. The Bertz CT molecular complexity index is 536. The molecule has 0 heterocycles. The Hall–Kier alpha value is -0.390. The van der Waals surface area contributed by atoms with Crippen molar-refractivity contribution in [3.05, 3.63) is 28.7 Å². The first kappa shape index (κ1) is 14.0. The maximum absolute atomic E-state index is 12.2. The molecule has 0 atom stereocenters. The fourth-order valence-corrected chi connectivity index (χ4v) is 4.24. The standard InChI is InChI=1S/C13H18BrNO2S/c1-10(2)13(7-8-13)9-15-18(16,17)12-6-4-3-5-11(12)14/h3-6,10,15H,7-9H2,1-2H3. The van der Waals surface area contributed by atoms with E-state index in [0.29, 0.717) is 21.8 Å². The molecule has 1 fully saturated rings. The van der Waals surface area contributed by atoms with Crippen LogP contribution in [0.5, 0.6) is 0 Å². The van der Waals surface area contributed by atoms with Gasteiger partial charge in [0, 0.05) is 11.0 Å². The smallest absolute Gasteiger partial charge is 0.211 e. The summed E-state index contributed by atoms with van der Waals surface area (Å²) in [5, 5.41) is 0. The average molecular weight is 332 g/mol. The van der Waals surface area contributed by atoms with E-state index in [1.165, 1.54) is 0 Å². The predicted molar refractivity (Wildman–Crippen MR) is 75.8 cm³/mol. The lowest BCUT2D eigenvalue weighted by Crippen LogP contribution is -2.32. The van der Waals surface area contributed by atoms with Crippen molar-refractivity contribution in [2.75, 3.05) is 6.54 Å². The van der Waals surface area contributed by atoms with Gasteiger partial charge in [0.2, 0.25) is 10.0 Å². The quantitative estimate of drug-likeness (QED) is 0.900. The normalized spacial score (nSPS) is 18.0. The third-order valence-corrected chi connectivity index (χ3v) is 6.27. The van der Waals surface area contributed by atoms with Gasteiger partial charge < -0.3 is 0 Å². The van der Waals surface area contributed by atoms with E-state index in [0.717, 1.165) is 12.8 Å². The minimum absolute atomic E-state index is 0.175. The molecule has 0 unspecified atom stereocenters. The molecule has 0 aromatic heterocycles. The van der Waals surface area contributed by atoms with Crippen LogP contribution in [-0.4, -0.2) is 15.0 Å². The van der Waals surface area contributed by atoms with Gasteiger partial charge in [-0.05, 0) is 52.2 Å². The third kappa shape index (κ3) is 2.78. The van der Waals surface area contributed by atoms with Gasteiger partial charge in [-0.3, -0.25) is 0 Å². The van der Waals surface area contributed by atoms with E-state index in [-0.39, 0.29) is 5.41 Å². The van der Waals surface area contributed by atoms with E-state index >= 15 is 0 Å². The molecule has 1 saturated carbocycles. The molecular formula is C13H18BrNO2S. The number of sulfonamides is 1. The number of hydrogen-bond acceptors (Lipinski definition) is 2. The second kappa shape index (κ2) is 4.94. The molecule has 2 rings (SSSR count). The zero-order valence-corrected chi connectivity index (χ0v) is 13.0. The highest BCUT2D eigenvalue weighted by atomic mass is 79.9. The van der Waals surface area contributed by atoms with Gasteiger partial charge in [0.25, 0.3) is 0 Å². The van der Waals surface area contributed by atoms with Crippen LogP contribution in [0, 0.1) is 11.3 Å². The van der Waals surface area contributed by atoms with E-state index in [9.17, 15) is 8.42 Å². The van der Waals surface area contributed by atoms with Crippen LogP contribution in [0.25, 0.3) is 0 Å². The minimum Gasteiger partial charge on any atom is -0.211 e. The van der Waals surface area contributed by atoms with Crippen molar-refractivity contribution in [3.63, 3.8) is 0 Å². The fourth-order valence-electron chi connectivity index (χ4n) is 2.10. The number of benzene rings is 1. The molecule has 0 radical (unpaired) electrons. The Balaban J connectivity index is 2.12. The lowest BCUT2D eigenvalue weighted by Gasteiger charge is -2.20. The summed E-state index contributed by atoms with van der Waals surface area (Å²) in [6.07, 6.45) is 2.23. The molecule has 0 spiro atoms. The van der Waals surface area contributed by atoms with Gasteiger partial charge in [0.15, 0.2) is 0 Å². The molecule has 18 heavy (non-hydrogen) atoms. The summed E-state index contributed by atoms with van der Waals surface area (Å²) in [7, 11) is -3.41. The maximum atomic E-state index is 12.2. The first-order valence-electron chi connectivity index (χ1n) is 6.12. The first-order chi connectivity index (χ1) is 8.37. The van der Waals surface area contributed by atoms with Gasteiger partial charge in [-0.15, -0.1) is 0 Å². The van der Waals surface area contributed by atoms with Crippen molar-refractivity contribution in [3.8, 4) is 0 Å². The highest BCUT2D eigenvalue weighted by Gasteiger charge is 2.45. The lowest BCUT2D eigenvalue weighted by atomic mass is 9.93. The van der Waals surface area contributed by atoms with Crippen LogP contribution >= 0.6 is 15.9 Å². The molecule has 100 valence electrons. The molecule has 1 N–H and O–H groups in total. The average Bonchev–Trinajstić information content (AvgIpc) is 3.08. The van der Waals surface area contributed by atoms with Gasteiger partial charge in [-0.1, -0.05) is 26.0 Å². The molecule has 3 nitrogen and oxygen atoms in total. The highest BCUT2D eigenvalue weighted by molar-refractivity contribution is 9.10. The van der Waals surface area contributed by atoms with Gasteiger partial charge in [0.05, 0.1) is 4.90 Å². The molecule has 1 aliphatic carbocycles. The van der Waals surface area contributed by atoms with Gasteiger partial charge >= 0.3 is 0 Å². The molecule has 1 aromatic carbocycles. The van der Waals surface area contributed by atoms with Crippen LogP contribution in [0.3, 0.4) is 0 Å². The molecule has 0 saturated heterocycles.